The Morgan fingerprint density at radius 3 is 2.76 bits per heavy atom. The molecule has 0 radical (unpaired) electrons. The van der Waals surface area contributed by atoms with Crippen molar-refractivity contribution in [1.82, 2.24) is 4.98 Å². The van der Waals surface area contributed by atoms with Gasteiger partial charge in [-0.2, -0.15) is 0 Å². The molecule has 0 bridgehead atoms. The average molecular weight is 253 g/mol. The zero-order chi connectivity index (χ0) is 12.3. The molecule has 3 nitrogen and oxygen atoms in total. The van der Waals surface area contributed by atoms with Crippen LogP contribution in [0.3, 0.4) is 0 Å². The molecule has 5 heteroatoms. The molecular formula is C12H10ClFN2O. The molecule has 88 valence electrons. The summed E-state index contributed by atoms with van der Waals surface area (Å²) >= 11 is 5.66. The molecule has 0 spiro atoms. The zero-order valence-electron chi connectivity index (χ0n) is 9.08. The van der Waals surface area contributed by atoms with Crippen LogP contribution in [0.5, 0.6) is 11.5 Å². The van der Waals surface area contributed by atoms with Gasteiger partial charge >= 0.3 is 0 Å². The normalized spacial score (nSPS) is 10.1. The molecule has 0 atom stereocenters. The van der Waals surface area contributed by atoms with E-state index in [0.717, 1.165) is 5.69 Å². The molecule has 0 amide bonds. The summed E-state index contributed by atoms with van der Waals surface area (Å²) < 4.78 is 18.4. The average Bonchev–Trinajstić information content (AvgIpc) is 2.34. The topological polar surface area (TPSA) is 34.2 Å². The molecule has 17 heavy (non-hydrogen) atoms. The smallest absolute Gasteiger partial charge is 0.147 e. The number of aromatic nitrogens is 1. The van der Waals surface area contributed by atoms with Gasteiger partial charge in [-0.1, -0.05) is 11.6 Å². The molecule has 0 aliphatic carbocycles. The first kappa shape index (κ1) is 11.7. The number of anilines is 1. The summed E-state index contributed by atoms with van der Waals surface area (Å²) in [6.45, 7) is 0. The predicted molar refractivity (Wildman–Crippen MR) is 65.3 cm³/mol. The van der Waals surface area contributed by atoms with Gasteiger partial charge in [-0.25, -0.2) is 4.39 Å². The van der Waals surface area contributed by atoms with Gasteiger partial charge < -0.3 is 10.1 Å². The monoisotopic (exact) mass is 252 g/mol. The minimum Gasteiger partial charge on any atom is -0.456 e. The largest absolute Gasteiger partial charge is 0.456 e. The molecule has 1 N–H and O–H groups in total. The third-order valence-corrected chi connectivity index (χ3v) is 2.42. The Hall–Kier alpha value is -1.81. The molecule has 0 aliphatic heterocycles. The number of hydrogen-bond acceptors (Lipinski definition) is 3. The lowest BCUT2D eigenvalue weighted by molar-refractivity contribution is 0.478. The van der Waals surface area contributed by atoms with E-state index in [1.165, 1.54) is 18.2 Å². The van der Waals surface area contributed by atoms with Crippen LogP contribution in [0.4, 0.5) is 10.1 Å². The Balaban J connectivity index is 2.22. The zero-order valence-corrected chi connectivity index (χ0v) is 9.83. The summed E-state index contributed by atoms with van der Waals surface area (Å²) in [5.74, 6) is 0.548. The molecule has 1 heterocycles. The second kappa shape index (κ2) is 5.01. The second-order valence-electron chi connectivity index (χ2n) is 3.34. The maximum absolute atomic E-state index is 12.9. The lowest BCUT2D eigenvalue weighted by atomic mass is 10.3. The Morgan fingerprint density at radius 2 is 2.06 bits per heavy atom. The summed E-state index contributed by atoms with van der Waals surface area (Å²) in [5.41, 5.74) is 0.829. The van der Waals surface area contributed by atoms with Crippen LogP contribution >= 0.6 is 11.6 Å². The third-order valence-electron chi connectivity index (χ3n) is 2.13. The highest BCUT2D eigenvalue weighted by atomic mass is 35.5. The lowest BCUT2D eigenvalue weighted by Gasteiger charge is -2.07. The first-order valence-corrected chi connectivity index (χ1v) is 5.32. The van der Waals surface area contributed by atoms with Gasteiger partial charge in [0, 0.05) is 19.2 Å². The molecular weight excluding hydrogens is 243 g/mol. The van der Waals surface area contributed by atoms with E-state index in [-0.39, 0.29) is 5.02 Å². The van der Waals surface area contributed by atoms with Gasteiger partial charge in [0.15, 0.2) is 0 Å². The van der Waals surface area contributed by atoms with Crippen molar-refractivity contribution in [3.63, 3.8) is 0 Å². The summed E-state index contributed by atoms with van der Waals surface area (Å²) in [7, 11) is 1.79. The van der Waals surface area contributed by atoms with Gasteiger partial charge in [-0.15, -0.1) is 0 Å². The molecule has 1 aromatic carbocycles. The van der Waals surface area contributed by atoms with Gasteiger partial charge in [-0.05, 0) is 12.1 Å². The lowest BCUT2D eigenvalue weighted by Crippen LogP contribution is -1.91. The van der Waals surface area contributed by atoms with Gasteiger partial charge in [0.1, 0.15) is 17.3 Å². The number of nitrogens with zero attached hydrogens (tertiary/aromatic N) is 1. The highest BCUT2D eigenvalue weighted by Gasteiger charge is 2.03. The van der Waals surface area contributed by atoms with Crippen LogP contribution in [-0.2, 0) is 0 Å². The fourth-order valence-electron chi connectivity index (χ4n) is 1.29. The number of ether oxygens (including phenoxy) is 1. The van der Waals surface area contributed by atoms with E-state index >= 15 is 0 Å². The Kier molecular flexibility index (Phi) is 3.44. The van der Waals surface area contributed by atoms with Crippen molar-refractivity contribution in [1.29, 1.82) is 0 Å². The summed E-state index contributed by atoms with van der Waals surface area (Å²) in [5, 5.41) is 2.97. The van der Waals surface area contributed by atoms with Crippen LogP contribution in [0.2, 0.25) is 5.02 Å². The van der Waals surface area contributed by atoms with Crippen LogP contribution in [-0.4, -0.2) is 12.0 Å². The van der Waals surface area contributed by atoms with E-state index in [0.29, 0.717) is 11.5 Å². The van der Waals surface area contributed by atoms with E-state index in [2.05, 4.69) is 10.3 Å². The molecule has 0 unspecified atom stereocenters. The molecule has 0 fully saturated rings. The minimum absolute atomic E-state index is 0.0280. The maximum Gasteiger partial charge on any atom is 0.147 e. The molecule has 0 saturated carbocycles. The van der Waals surface area contributed by atoms with Crippen molar-refractivity contribution in [2.75, 3.05) is 12.4 Å². The van der Waals surface area contributed by atoms with Gasteiger partial charge in [0.05, 0.1) is 23.1 Å². The highest BCUT2D eigenvalue weighted by Crippen LogP contribution is 2.26. The number of benzene rings is 1. The predicted octanol–water partition coefficient (Wildman–Crippen LogP) is 3.71. The van der Waals surface area contributed by atoms with Crippen molar-refractivity contribution in [3.05, 3.63) is 47.5 Å². The first-order valence-electron chi connectivity index (χ1n) is 4.95. The van der Waals surface area contributed by atoms with Crippen LogP contribution < -0.4 is 10.1 Å². The summed E-state index contributed by atoms with van der Waals surface area (Å²) in [6.07, 6.45) is 3.24. The molecule has 0 saturated heterocycles. The summed E-state index contributed by atoms with van der Waals surface area (Å²) in [6, 6.07) is 5.97. The van der Waals surface area contributed by atoms with Gasteiger partial charge in [-0.3, -0.25) is 4.98 Å². The van der Waals surface area contributed by atoms with Crippen molar-refractivity contribution in [2.45, 2.75) is 0 Å². The highest BCUT2D eigenvalue weighted by molar-refractivity contribution is 6.30. The van der Waals surface area contributed by atoms with Crippen LogP contribution in [0.15, 0.2) is 36.7 Å². The first-order chi connectivity index (χ1) is 8.19. The fraction of sp³-hybridized carbons (Fsp3) is 0.0833. The van der Waals surface area contributed by atoms with Crippen molar-refractivity contribution >= 4 is 17.3 Å². The number of hydrogen-bond donors (Lipinski definition) is 1. The van der Waals surface area contributed by atoms with Gasteiger partial charge in [0.2, 0.25) is 0 Å². The third kappa shape index (κ3) is 2.85. The Morgan fingerprint density at radius 1 is 1.24 bits per heavy atom. The van der Waals surface area contributed by atoms with Crippen molar-refractivity contribution in [3.8, 4) is 11.5 Å². The van der Waals surface area contributed by atoms with E-state index in [9.17, 15) is 4.39 Å². The molecule has 2 aromatic rings. The summed E-state index contributed by atoms with van der Waals surface area (Å²) in [4.78, 5) is 4.00. The second-order valence-corrected chi connectivity index (χ2v) is 3.74. The molecule has 0 aliphatic rings. The number of rotatable bonds is 3. The van der Waals surface area contributed by atoms with Crippen LogP contribution in [0, 0.1) is 5.82 Å². The minimum atomic E-state index is -0.471. The Bertz CT molecular complexity index is 534. The van der Waals surface area contributed by atoms with Crippen LogP contribution in [0.1, 0.15) is 0 Å². The Labute approximate surface area is 103 Å². The van der Waals surface area contributed by atoms with E-state index < -0.39 is 5.82 Å². The quantitative estimate of drug-likeness (QED) is 0.904. The van der Waals surface area contributed by atoms with E-state index in [1.807, 2.05) is 0 Å². The number of nitrogens with one attached hydrogen (secondary N) is 1. The van der Waals surface area contributed by atoms with Crippen LogP contribution in [0.25, 0.3) is 0 Å². The standard InChI is InChI=1S/C12H10ClFN2O/c1-15-8-4-10(7-16-6-8)17-9-2-3-12(14)11(13)5-9/h2-7,15H,1H3. The molecule has 1 aromatic heterocycles. The SMILES string of the molecule is CNc1cncc(Oc2ccc(F)c(Cl)c2)c1. The number of pyridine rings is 1. The number of halogens is 2. The van der Waals surface area contributed by atoms with E-state index in [4.69, 9.17) is 16.3 Å². The van der Waals surface area contributed by atoms with Gasteiger partial charge in [0.25, 0.3) is 0 Å². The fourth-order valence-corrected chi connectivity index (χ4v) is 1.46. The van der Waals surface area contributed by atoms with Crippen molar-refractivity contribution < 1.29 is 9.13 Å². The van der Waals surface area contributed by atoms with E-state index in [1.54, 1.807) is 25.5 Å². The molecule has 2 rings (SSSR count). The van der Waals surface area contributed by atoms with Crippen molar-refractivity contribution in [2.24, 2.45) is 0 Å². The maximum atomic E-state index is 12.9.